The number of carbonyl (C=O) groups excluding carboxylic acids is 1. The van der Waals surface area contributed by atoms with Crippen molar-refractivity contribution in [1.29, 1.82) is 0 Å². The monoisotopic (exact) mass is 307 g/mol. The molecule has 0 bridgehead atoms. The minimum absolute atomic E-state index is 0.0935. The largest absolute Gasteiger partial charge is 0.409 e. The summed E-state index contributed by atoms with van der Waals surface area (Å²) in [5.74, 6) is -1.05. The number of hydrogen-bond donors (Lipinski definition) is 3. The van der Waals surface area contributed by atoms with Crippen LogP contribution >= 0.6 is 11.6 Å². The highest BCUT2D eigenvalue weighted by Gasteiger charge is 2.10. The van der Waals surface area contributed by atoms with Crippen LogP contribution < -0.4 is 11.1 Å². The third-order valence-corrected chi connectivity index (χ3v) is 3.02. The van der Waals surface area contributed by atoms with Gasteiger partial charge in [-0.25, -0.2) is 4.39 Å². The zero-order valence-corrected chi connectivity index (χ0v) is 11.4. The number of anilines is 1. The first-order chi connectivity index (χ1) is 10.0. The Morgan fingerprint density at radius 2 is 1.95 bits per heavy atom. The summed E-state index contributed by atoms with van der Waals surface area (Å²) in [6.45, 7) is 0. The van der Waals surface area contributed by atoms with E-state index in [-0.39, 0.29) is 16.5 Å². The van der Waals surface area contributed by atoms with Gasteiger partial charge in [-0.05, 0) is 30.3 Å². The van der Waals surface area contributed by atoms with Crippen LogP contribution in [0.5, 0.6) is 0 Å². The van der Waals surface area contributed by atoms with Gasteiger partial charge < -0.3 is 16.3 Å². The minimum Gasteiger partial charge on any atom is -0.409 e. The number of amidine groups is 1. The number of nitrogens with zero attached hydrogens (tertiary/aromatic N) is 1. The van der Waals surface area contributed by atoms with E-state index in [4.69, 9.17) is 22.5 Å². The Hall–Kier alpha value is -2.60. The quantitative estimate of drug-likeness (QED) is 0.352. The van der Waals surface area contributed by atoms with Crippen molar-refractivity contribution in [3.63, 3.8) is 0 Å². The second-order valence-corrected chi connectivity index (χ2v) is 4.55. The summed E-state index contributed by atoms with van der Waals surface area (Å²) in [5.41, 5.74) is 6.44. The van der Waals surface area contributed by atoms with Crippen LogP contribution in [0.4, 0.5) is 10.1 Å². The van der Waals surface area contributed by atoms with E-state index < -0.39 is 11.7 Å². The Kier molecular flexibility index (Phi) is 4.39. The van der Waals surface area contributed by atoms with Crippen LogP contribution in [0.15, 0.2) is 47.6 Å². The van der Waals surface area contributed by atoms with Gasteiger partial charge in [-0.15, -0.1) is 0 Å². The Balaban J connectivity index is 2.24. The number of amides is 1. The lowest BCUT2D eigenvalue weighted by Gasteiger charge is -2.08. The molecule has 0 aliphatic carbocycles. The first kappa shape index (κ1) is 14.8. The molecule has 5 nitrogen and oxygen atoms in total. The molecule has 2 aromatic carbocycles. The van der Waals surface area contributed by atoms with Crippen LogP contribution in [0.25, 0.3) is 0 Å². The van der Waals surface area contributed by atoms with E-state index in [0.29, 0.717) is 11.1 Å². The lowest BCUT2D eigenvalue weighted by Crippen LogP contribution is -2.16. The molecule has 0 fully saturated rings. The normalized spacial score (nSPS) is 11.2. The number of rotatable bonds is 3. The maximum absolute atomic E-state index is 12.9. The van der Waals surface area contributed by atoms with Crippen molar-refractivity contribution in [2.45, 2.75) is 0 Å². The summed E-state index contributed by atoms with van der Waals surface area (Å²) < 4.78 is 12.9. The van der Waals surface area contributed by atoms with Gasteiger partial charge >= 0.3 is 0 Å². The van der Waals surface area contributed by atoms with Crippen molar-refractivity contribution in [1.82, 2.24) is 0 Å². The zero-order chi connectivity index (χ0) is 15.4. The SMILES string of the molecule is N/C(=N\O)c1cccc(C(=O)Nc2ccc(F)cc2Cl)c1. The highest BCUT2D eigenvalue weighted by Crippen LogP contribution is 2.23. The van der Waals surface area contributed by atoms with Gasteiger partial charge in [0.25, 0.3) is 5.91 Å². The van der Waals surface area contributed by atoms with Gasteiger partial charge in [0.15, 0.2) is 5.84 Å². The van der Waals surface area contributed by atoms with Crippen LogP contribution in [0.2, 0.25) is 5.02 Å². The summed E-state index contributed by atoms with van der Waals surface area (Å²) in [7, 11) is 0. The van der Waals surface area contributed by atoms with Crippen LogP contribution in [0, 0.1) is 5.82 Å². The van der Waals surface area contributed by atoms with E-state index in [1.807, 2.05) is 0 Å². The average Bonchev–Trinajstić information content (AvgIpc) is 2.49. The molecule has 4 N–H and O–H groups in total. The van der Waals surface area contributed by atoms with Gasteiger partial charge in [0.2, 0.25) is 0 Å². The molecular formula is C14H11ClFN3O2. The summed E-state index contributed by atoms with van der Waals surface area (Å²) >= 11 is 5.84. The van der Waals surface area contributed by atoms with Gasteiger partial charge in [0.05, 0.1) is 10.7 Å². The van der Waals surface area contributed by atoms with Crippen LogP contribution in [-0.4, -0.2) is 17.0 Å². The second-order valence-electron chi connectivity index (χ2n) is 4.14. The topological polar surface area (TPSA) is 87.7 Å². The first-order valence-corrected chi connectivity index (χ1v) is 6.23. The van der Waals surface area contributed by atoms with Gasteiger partial charge in [-0.2, -0.15) is 0 Å². The van der Waals surface area contributed by atoms with Crippen molar-refractivity contribution in [3.8, 4) is 0 Å². The Morgan fingerprint density at radius 1 is 1.24 bits per heavy atom. The lowest BCUT2D eigenvalue weighted by molar-refractivity contribution is 0.102. The van der Waals surface area contributed by atoms with Crippen molar-refractivity contribution in [2.24, 2.45) is 10.9 Å². The maximum atomic E-state index is 12.9. The van der Waals surface area contributed by atoms with E-state index in [9.17, 15) is 9.18 Å². The molecule has 0 saturated heterocycles. The number of hydrogen-bond acceptors (Lipinski definition) is 3. The van der Waals surface area contributed by atoms with E-state index in [0.717, 1.165) is 6.07 Å². The third kappa shape index (κ3) is 3.49. The predicted octanol–water partition coefficient (Wildman–Crippen LogP) is 2.83. The molecule has 0 unspecified atom stereocenters. The molecule has 7 heteroatoms. The molecule has 21 heavy (non-hydrogen) atoms. The summed E-state index contributed by atoms with van der Waals surface area (Å²) in [5, 5.41) is 14.1. The lowest BCUT2D eigenvalue weighted by atomic mass is 10.1. The molecular weight excluding hydrogens is 297 g/mol. The third-order valence-electron chi connectivity index (χ3n) is 2.71. The average molecular weight is 308 g/mol. The van der Waals surface area contributed by atoms with Gasteiger partial charge in [0, 0.05) is 11.1 Å². The molecule has 108 valence electrons. The second kappa shape index (κ2) is 6.23. The highest BCUT2D eigenvalue weighted by molar-refractivity contribution is 6.33. The zero-order valence-electron chi connectivity index (χ0n) is 10.7. The molecule has 0 aromatic heterocycles. The van der Waals surface area contributed by atoms with E-state index in [2.05, 4.69) is 10.5 Å². The summed E-state index contributed by atoms with van der Waals surface area (Å²) in [6, 6.07) is 9.86. The van der Waals surface area contributed by atoms with Crippen molar-refractivity contribution in [2.75, 3.05) is 5.32 Å². The molecule has 0 saturated carbocycles. The number of halogens is 2. The van der Waals surface area contributed by atoms with Crippen molar-refractivity contribution >= 4 is 29.0 Å². The van der Waals surface area contributed by atoms with Crippen molar-refractivity contribution < 1.29 is 14.4 Å². The summed E-state index contributed by atoms with van der Waals surface area (Å²) in [6.07, 6.45) is 0. The van der Waals surface area contributed by atoms with Crippen molar-refractivity contribution in [3.05, 3.63) is 64.4 Å². The number of carbonyl (C=O) groups is 1. The van der Waals surface area contributed by atoms with E-state index in [1.54, 1.807) is 18.2 Å². The Morgan fingerprint density at radius 3 is 2.62 bits per heavy atom. The number of oxime groups is 1. The number of nitrogens with two attached hydrogens (primary N) is 1. The molecule has 2 aromatic rings. The molecule has 1 amide bonds. The smallest absolute Gasteiger partial charge is 0.255 e. The fourth-order valence-electron chi connectivity index (χ4n) is 1.66. The fraction of sp³-hybridized carbons (Fsp3) is 0. The Labute approximate surface area is 124 Å². The molecule has 2 rings (SSSR count). The maximum Gasteiger partial charge on any atom is 0.255 e. The van der Waals surface area contributed by atoms with Gasteiger partial charge in [-0.3, -0.25) is 4.79 Å². The Bertz CT molecular complexity index is 719. The van der Waals surface area contributed by atoms with Crippen LogP contribution in [0.1, 0.15) is 15.9 Å². The standard InChI is InChI=1S/C14H11ClFN3O2/c15-11-7-10(16)4-5-12(11)18-14(20)9-3-1-2-8(6-9)13(17)19-21/h1-7,21H,(H2,17,19)(H,18,20). The fourth-order valence-corrected chi connectivity index (χ4v) is 1.88. The molecule has 0 atom stereocenters. The first-order valence-electron chi connectivity index (χ1n) is 5.85. The summed E-state index contributed by atoms with van der Waals surface area (Å²) in [4.78, 5) is 12.1. The molecule has 0 heterocycles. The predicted molar refractivity (Wildman–Crippen MR) is 78.3 cm³/mol. The van der Waals surface area contributed by atoms with E-state index in [1.165, 1.54) is 18.2 Å². The van der Waals surface area contributed by atoms with Crippen LogP contribution in [0.3, 0.4) is 0 Å². The van der Waals surface area contributed by atoms with Gasteiger partial charge in [0.1, 0.15) is 5.82 Å². The number of nitrogens with one attached hydrogen (secondary N) is 1. The molecule has 0 aliphatic rings. The van der Waals surface area contributed by atoms with Crippen LogP contribution in [-0.2, 0) is 0 Å². The molecule has 0 spiro atoms. The minimum atomic E-state index is -0.494. The van der Waals surface area contributed by atoms with E-state index >= 15 is 0 Å². The molecule has 0 radical (unpaired) electrons. The number of benzene rings is 2. The van der Waals surface area contributed by atoms with Gasteiger partial charge in [-0.1, -0.05) is 28.9 Å². The highest BCUT2D eigenvalue weighted by atomic mass is 35.5. The molecule has 0 aliphatic heterocycles.